The van der Waals surface area contributed by atoms with E-state index in [9.17, 15) is 4.39 Å². The maximum absolute atomic E-state index is 13.5. The predicted octanol–water partition coefficient (Wildman–Crippen LogP) is 2.65. The van der Waals surface area contributed by atoms with Crippen molar-refractivity contribution < 1.29 is 13.9 Å². The summed E-state index contributed by atoms with van der Waals surface area (Å²) in [5, 5.41) is 8.96. The van der Waals surface area contributed by atoms with E-state index < -0.39 is 5.82 Å². The lowest BCUT2D eigenvalue weighted by Gasteiger charge is -2.11. The van der Waals surface area contributed by atoms with Gasteiger partial charge in [-0.2, -0.15) is 15.2 Å². The van der Waals surface area contributed by atoms with Crippen molar-refractivity contribution >= 4 is 5.69 Å². The first-order valence-electron chi connectivity index (χ1n) is 6.27. The van der Waals surface area contributed by atoms with Crippen LogP contribution < -0.4 is 15.2 Å². The topological polar surface area (TPSA) is 94.0 Å². The zero-order valence-electron chi connectivity index (χ0n) is 11.3. The first kappa shape index (κ1) is 14.5. The van der Waals surface area contributed by atoms with Gasteiger partial charge in [0.25, 0.3) is 0 Å². The third-order valence-electron chi connectivity index (χ3n) is 2.55. The van der Waals surface area contributed by atoms with Gasteiger partial charge in [0, 0.05) is 0 Å². The minimum Gasteiger partial charge on any atom is -0.476 e. The van der Waals surface area contributed by atoms with Crippen LogP contribution in [0.4, 0.5) is 10.1 Å². The molecular formula is C14H13FN4O2. The first-order chi connectivity index (χ1) is 10.2. The molecule has 0 spiro atoms. The van der Waals surface area contributed by atoms with Gasteiger partial charge in [-0.3, -0.25) is 0 Å². The summed E-state index contributed by atoms with van der Waals surface area (Å²) in [4.78, 5) is 7.78. The summed E-state index contributed by atoms with van der Waals surface area (Å²) in [7, 11) is 0. The molecule has 1 aromatic carbocycles. The number of halogens is 1. The highest BCUT2D eigenvalue weighted by Gasteiger charge is 2.15. The molecule has 2 aromatic rings. The molecule has 0 unspecified atom stereocenters. The maximum atomic E-state index is 13.5. The molecule has 0 bridgehead atoms. The molecule has 1 heterocycles. The van der Waals surface area contributed by atoms with Crippen LogP contribution in [-0.4, -0.2) is 16.6 Å². The van der Waals surface area contributed by atoms with E-state index in [0.717, 1.165) is 6.42 Å². The van der Waals surface area contributed by atoms with Crippen molar-refractivity contribution in [2.75, 3.05) is 12.3 Å². The van der Waals surface area contributed by atoms with Crippen molar-refractivity contribution in [1.29, 1.82) is 5.26 Å². The highest BCUT2D eigenvalue weighted by molar-refractivity contribution is 5.58. The molecule has 1 aromatic heterocycles. The zero-order chi connectivity index (χ0) is 15.2. The van der Waals surface area contributed by atoms with Crippen molar-refractivity contribution in [2.24, 2.45) is 0 Å². The van der Waals surface area contributed by atoms with E-state index in [1.165, 1.54) is 24.5 Å². The summed E-state index contributed by atoms with van der Waals surface area (Å²) in [5.41, 5.74) is 5.73. The summed E-state index contributed by atoms with van der Waals surface area (Å²) < 4.78 is 24.3. The Morgan fingerprint density at radius 1 is 1.33 bits per heavy atom. The molecule has 0 saturated carbocycles. The van der Waals surface area contributed by atoms with Gasteiger partial charge in [0.05, 0.1) is 6.61 Å². The number of anilines is 1. The first-order valence-corrected chi connectivity index (χ1v) is 6.27. The number of nitrogen functional groups attached to an aromatic ring is 1. The van der Waals surface area contributed by atoms with Gasteiger partial charge in [-0.25, -0.2) is 4.39 Å². The summed E-state index contributed by atoms with van der Waals surface area (Å²) in [6, 6.07) is 5.79. The van der Waals surface area contributed by atoms with E-state index in [4.69, 9.17) is 20.5 Å². The second-order valence-electron chi connectivity index (χ2n) is 4.07. The number of nitriles is 1. The quantitative estimate of drug-likeness (QED) is 0.908. The molecule has 0 fully saturated rings. The average Bonchev–Trinajstić information content (AvgIpc) is 2.48. The third kappa shape index (κ3) is 3.17. The van der Waals surface area contributed by atoms with Crippen molar-refractivity contribution in [3.05, 3.63) is 35.9 Å². The standard InChI is InChI=1S/C14H13FN4O2/c1-2-6-20-13-12(17)14(19-8-18-13)21-11-5-3-4-10(15)9(11)7-16/h3-5,8H,2,6,17H2,1H3. The lowest BCUT2D eigenvalue weighted by molar-refractivity contribution is 0.304. The maximum Gasteiger partial charge on any atom is 0.249 e. The molecule has 0 aliphatic heterocycles. The number of aromatic nitrogens is 2. The van der Waals surface area contributed by atoms with Gasteiger partial charge in [0.2, 0.25) is 11.8 Å². The highest BCUT2D eigenvalue weighted by Crippen LogP contribution is 2.32. The molecule has 0 radical (unpaired) electrons. The molecule has 0 saturated heterocycles. The lowest BCUT2D eigenvalue weighted by Crippen LogP contribution is -2.04. The van der Waals surface area contributed by atoms with Crippen LogP contribution >= 0.6 is 0 Å². The normalized spacial score (nSPS) is 9.95. The Morgan fingerprint density at radius 2 is 2.10 bits per heavy atom. The van der Waals surface area contributed by atoms with Gasteiger partial charge in [-0.05, 0) is 18.6 Å². The van der Waals surface area contributed by atoms with Crippen LogP contribution in [-0.2, 0) is 0 Å². The number of nitrogens with zero attached hydrogens (tertiary/aromatic N) is 3. The molecule has 6 nitrogen and oxygen atoms in total. The summed E-state index contributed by atoms with van der Waals surface area (Å²) >= 11 is 0. The van der Waals surface area contributed by atoms with E-state index in [1.807, 2.05) is 6.92 Å². The number of rotatable bonds is 5. The molecule has 2 rings (SSSR count). The van der Waals surface area contributed by atoms with Gasteiger partial charge >= 0.3 is 0 Å². The van der Waals surface area contributed by atoms with Crippen molar-refractivity contribution in [2.45, 2.75) is 13.3 Å². The Hall–Kier alpha value is -2.88. The van der Waals surface area contributed by atoms with E-state index >= 15 is 0 Å². The predicted molar refractivity (Wildman–Crippen MR) is 73.4 cm³/mol. The van der Waals surface area contributed by atoms with Gasteiger partial charge in [0.1, 0.15) is 29.5 Å². The number of nitrogens with two attached hydrogens (primary N) is 1. The fourth-order valence-corrected chi connectivity index (χ4v) is 1.56. The van der Waals surface area contributed by atoms with E-state index in [-0.39, 0.29) is 28.8 Å². The number of hydrogen-bond donors (Lipinski definition) is 1. The summed E-state index contributed by atoms with van der Waals surface area (Å²) in [6.07, 6.45) is 2.02. The smallest absolute Gasteiger partial charge is 0.249 e. The lowest BCUT2D eigenvalue weighted by atomic mass is 10.2. The highest BCUT2D eigenvalue weighted by atomic mass is 19.1. The molecule has 0 amide bonds. The van der Waals surface area contributed by atoms with Crippen molar-refractivity contribution in [1.82, 2.24) is 9.97 Å². The minimum atomic E-state index is -0.676. The second kappa shape index (κ2) is 6.52. The Kier molecular flexibility index (Phi) is 4.51. The van der Waals surface area contributed by atoms with Crippen LogP contribution in [0.5, 0.6) is 17.5 Å². The summed E-state index contributed by atoms with van der Waals surface area (Å²) in [6.45, 7) is 2.39. The number of benzene rings is 1. The molecule has 0 atom stereocenters. The summed E-state index contributed by atoms with van der Waals surface area (Å²) in [5.74, 6) is -0.440. The van der Waals surface area contributed by atoms with Crippen LogP contribution in [0.1, 0.15) is 18.9 Å². The largest absolute Gasteiger partial charge is 0.476 e. The molecule has 0 aliphatic carbocycles. The molecular weight excluding hydrogens is 275 g/mol. The van der Waals surface area contributed by atoms with Crippen LogP contribution in [0.15, 0.2) is 24.5 Å². The Morgan fingerprint density at radius 3 is 2.81 bits per heavy atom. The Bertz CT molecular complexity index is 685. The number of hydrogen-bond acceptors (Lipinski definition) is 6. The van der Waals surface area contributed by atoms with Gasteiger partial charge in [-0.15, -0.1) is 0 Å². The van der Waals surface area contributed by atoms with Crippen LogP contribution in [0, 0.1) is 17.1 Å². The fraction of sp³-hybridized carbons (Fsp3) is 0.214. The van der Waals surface area contributed by atoms with Gasteiger partial charge in [-0.1, -0.05) is 13.0 Å². The molecule has 7 heteroatoms. The minimum absolute atomic E-state index is 0.0122. The van der Waals surface area contributed by atoms with Gasteiger partial charge in [0.15, 0.2) is 5.69 Å². The monoisotopic (exact) mass is 288 g/mol. The molecule has 2 N–H and O–H groups in total. The Balaban J connectivity index is 2.33. The zero-order valence-corrected chi connectivity index (χ0v) is 11.3. The SMILES string of the molecule is CCCOc1ncnc(Oc2cccc(F)c2C#N)c1N. The second-order valence-corrected chi connectivity index (χ2v) is 4.07. The van der Waals surface area contributed by atoms with Crippen LogP contribution in [0.3, 0.4) is 0 Å². The average molecular weight is 288 g/mol. The number of ether oxygens (including phenoxy) is 2. The van der Waals surface area contributed by atoms with Crippen LogP contribution in [0.25, 0.3) is 0 Å². The Labute approximate surface area is 121 Å². The van der Waals surface area contributed by atoms with Crippen molar-refractivity contribution in [3.8, 4) is 23.6 Å². The molecule has 108 valence electrons. The molecule has 0 aliphatic rings. The third-order valence-corrected chi connectivity index (χ3v) is 2.55. The van der Waals surface area contributed by atoms with E-state index in [1.54, 1.807) is 6.07 Å². The van der Waals surface area contributed by atoms with Crippen LogP contribution in [0.2, 0.25) is 0 Å². The fourth-order valence-electron chi connectivity index (χ4n) is 1.56. The van der Waals surface area contributed by atoms with E-state index in [2.05, 4.69) is 9.97 Å². The van der Waals surface area contributed by atoms with Crippen molar-refractivity contribution in [3.63, 3.8) is 0 Å². The van der Waals surface area contributed by atoms with E-state index in [0.29, 0.717) is 6.61 Å². The molecule has 21 heavy (non-hydrogen) atoms. The van der Waals surface area contributed by atoms with Gasteiger partial charge < -0.3 is 15.2 Å².